The molecule has 1 unspecified atom stereocenters. The first-order chi connectivity index (χ1) is 14.0. The van der Waals surface area contributed by atoms with Crippen molar-refractivity contribution in [2.75, 3.05) is 18.4 Å². The summed E-state index contributed by atoms with van der Waals surface area (Å²) in [6.45, 7) is 3.03. The highest BCUT2D eigenvalue weighted by Crippen LogP contribution is 2.26. The average molecular weight is 407 g/mol. The third-order valence-corrected chi connectivity index (χ3v) is 5.79. The molecule has 1 N–H and O–H groups in total. The summed E-state index contributed by atoms with van der Waals surface area (Å²) in [5.41, 5.74) is 2.34. The largest absolute Gasteiger partial charge is 0.338 e. The number of benzene rings is 3. The minimum absolute atomic E-state index is 0.0207. The molecule has 1 heterocycles. The van der Waals surface area contributed by atoms with Crippen LogP contribution in [0.2, 0.25) is 5.02 Å². The van der Waals surface area contributed by atoms with Gasteiger partial charge < -0.3 is 10.2 Å². The Bertz CT molecular complexity index is 1070. The summed E-state index contributed by atoms with van der Waals surface area (Å²) < 4.78 is 0. The molecule has 0 saturated carbocycles. The molecule has 1 aliphatic rings. The van der Waals surface area contributed by atoms with Gasteiger partial charge in [0.05, 0.1) is 16.6 Å². The number of rotatable bonds is 3. The molecule has 4 rings (SSSR count). The minimum Gasteiger partial charge on any atom is -0.338 e. The number of piperidine rings is 1. The molecular weight excluding hydrogens is 384 g/mol. The fourth-order valence-corrected chi connectivity index (χ4v) is 4.20. The van der Waals surface area contributed by atoms with E-state index in [1.807, 2.05) is 67.6 Å². The second kappa shape index (κ2) is 8.26. The van der Waals surface area contributed by atoms with Gasteiger partial charge in [-0.25, -0.2) is 0 Å². The molecule has 0 bridgehead atoms. The minimum atomic E-state index is -0.250. The molecule has 0 aliphatic carbocycles. The molecule has 3 aromatic carbocycles. The van der Waals surface area contributed by atoms with E-state index >= 15 is 0 Å². The molecule has 0 spiro atoms. The monoisotopic (exact) mass is 406 g/mol. The lowest BCUT2D eigenvalue weighted by Crippen LogP contribution is -2.43. The highest BCUT2D eigenvalue weighted by atomic mass is 35.5. The lowest BCUT2D eigenvalue weighted by atomic mass is 9.95. The van der Waals surface area contributed by atoms with Gasteiger partial charge in [0.15, 0.2) is 0 Å². The van der Waals surface area contributed by atoms with E-state index in [0.29, 0.717) is 29.4 Å². The first-order valence-electron chi connectivity index (χ1n) is 9.87. The number of nitrogens with one attached hydrogen (secondary N) is 1. The number of hydrogen-bond acceptors (Lipinski definition) is 2. The number of likely N-dealkylation sites (tertiary alicyclic amines) is 1. The summed E-state index contributed by atoms with van der Waals surface area (Å²) in [5.74, 6) is -0.362. The van der Waals surface area contributed by atoms with E-state index in [0.717, 1.165) is 29.2 Å². The van der Waals surface area contributed by atoms with Crippen LogP contribution >= 0.6 is 11.6 Å². The summed E-state index contributed by atoms with van der Waals surface area (Å²) in [6.07, 6.45) is 1.56. The first kappa shape index (κ1) is 19.5. The van der Waals surface area contributed by atoms with Gasteiger partial charge in [0.25, 0.3) is 5.91 Å². The van der Waals surface area contributed by atoms with E-state index in [9.17, 15) is 9.59 Å². The van der Waals surface area contributed by atoms with E-state index in [1.165, 1.54) is 0 Å². The Morgan fingerprint density at radius 2 is 1.86 bits per heavy atom. The second-order valence-corrected chi connectivity index (χ2v) is 8.00. The molecule has 1 atom stereocenters. The van der Waals surface area contributed by atoms with Crippen molar-refractivity contribution in [3.63, 3.8) is 0 Å². The Hall–Kier alpha value is -2.85. The fraction of sp³-hybridized carbons (Fsp3) is 0.250. The maximum absolute atomic E-state index is 13.2. The van der Waals surface area contributed by atoms with Gasteiger partial charge in [-0.3, -0.25) is 9.59 Å². The third-order valence-electron chi connectivity index (χ3n) is 5.48. The van der Waals surface area contributed by atoms with Crippen molar-refractivity contribution < 1.29 is 9.59 Å². The van der Waals surface area contributed by atoms with E-state index < -0.39 is 0 Å². The molecule has 148 valence electrons. The van der Waals surface area contributed by atoms with Crippen molar-refractivity contribution in [1.82, 2.24) is 4.90 Å². The summed E-state index contributed by atoms with van der Waals surface area (Å²) in [5, 5.41) is 5.44. The average Bonchev–Trinajstić information content (AvgIpc) is 2.75. The SMILES string of the molecule is Cc1ccc(NC(=O)C2CCCN(C(=O)c3cccc4ccccc34)C2)c(Cl)c1. The Labute approximate surface area is 175 Å². The molecule has 29 heavy (non-hydrogen) atoms. The van der Waals surface area contributed by atoms with Crippen molar-refractivity contribution in [3.05, 3.63) is 76.8 Å². The third kappa shape index (κ3) is 4.13. The maximum atomic E-state index is 13.2. The van der Waals surface area contributed by atoms with Crippen molar-refractivity contribution in [2.24, 2.45) is 5.92 Å². The topological polar surface area (TPSA) is 49.4 Å². The Morgan fingerprint density at radius 1 is 1.07 bits per heavy atom. The molecule has 1 aliphatic heterocycles. The van der Waals surface area contributed by atoms with Crippen molar-refractivity contribution in [2.45, 2.75) is 19.8 Å². The lowest BCUT2D eigenvalue weighted by Gasteiger charge is -2.32. The standard InChI is InChI=1S/C24H23ClN2O2/c1-16-11-12-22(21(25)14-16)26-23(28)18-8-5-13-27(15-18)24(29)20-10-4-7-17-6-2-3-9-19(17)20/h2-4,6-7,9-12,14,18H,5,8,13,15H2,1H3,(H,26,28). The number of hydrogen-bond donors (Lipinski definition) is 1. The van der Waals surface area contributed by atoms with Gasteiger partial charge in [-0.15, -0.1) is 0 Å². The van der Waals surface area contributed by atoms with Gasteiger partial charge in [0, 0.05) is 18.7 Å². The zero-order valence-electron chi connectivity index (χ0n) is 16.3. The maximum Gasteiger partial charge on any atom is 0.254 e. The predicted octanol–water partition coefficient (Wildman–Crippen LogP) is 5.29. The van der Waals surface area contributed by atoms with E-state index in [1.54, 1.807) is 4.90 Å². The molecule has 3 aromatic rings. The molecule has 0 aromatic heterocycles. The van der Waals surface area contributed by atoms with Gasteiger partial charge >= 0.3 is 0 Å². The number of nitrogens with zero attached hydrogens (tertiary/aromatic N) is 1. The summed E-state index contributed by atoms with van der Waals surface area (Å²) in [6, 6.07) is 19.2. The van der Waals surface area contributed by atoms with Gasteiger partial charge in [0.2, 0.25) is 5.91 Å². The van der Waals surface area contributed by atoms with Gasteiger partial charge in [-0.05, 0) is 54.3 Å². The molecule has 4 nitrogen and oxygen atoms in total. The van der Waals surface area contributed by atoms with Crippen LogP contribution in [0.5, 0.6) is 0 Å². The van der Waals surface area contributed by atoms with E-state index in [4.69, 9.17) is 11.6 Å². The van der Waals surface area contributed by atoms with Crippen LogP contribution in [0.1, 0.15) is 28.8 Å². The molecule has 0 radical (unpaired) electrons. The fourth-order valence-electron chi connectivity index (χ4n) is 3.91. The van der Waals surface area contributed by atoms with Crippen molar-refractivity contribution in [1.29, 1.82) is 0 Å². The molecule has 1 saturated heterocycles. The highest BCUT2D eigenvalue weighted by Gasteiger charge is 2.29. The van der Waals surface area contributed by atoms with Crippen molar-refractivity contribution >= 4 is 39.9 Å². The molecule has 1 fully saturated rings. The van der Waals surface area contributed by atoms with E-state index in [-0.39, 0.29) is 17.7 Å². The number of halogens is 1. The van der Waals surface area contributed by atoms with Gasteiger partial charge in [-0.1, -0.05) is 54.1 Å². The first-order valence-corrected chi connectivity index (χ1v) is 10.2. The predicted molar refractivity (Wildman–Crippen MR) is 117 cm³/mol. The van der Waals surface area contributed by atoms with Crippen molar-refractivity contribution in [3.8, 4) is 0 Å². The second-order valence-electron chi connectivity index (χ2n) is 7.59. The molecule has 5 heteroatoms. The smallest absolute Gasteiger partial charge is 0.254 e. The number of amides is 2. The van der Waals surface area contributed by atoms with Gasteiger partial charge in [0.1, 0.15) is 0 Å². The quantitative estimate of drug-likeness (QED) is 0.642. The highest BCUT2D eigenvalue weighted by molar-refractivity contribution is 6.33. The zero-order valence-corrected chi connectivity index (χ0v) is 17.1. The van der Waals surface area contributed by atoms with Crippen LogP contribution < -0.4 is 5.32 Å². The Kier molecular flexibility index (Phi) is 5.54. The van der Waals surface area contributed by atoms with Crippen LogP contribution in [0.15, 0.2) is 60.7 Å². The van der Waals surface area contributed by atoms with Crippen LogP contribution in [0.25, 0.3) is 10.8 Å². The Morgan fingerprint density at radius 3 is 2.69 bits per heavy atom. The lowest BCUT2D eigenvalue weighted by molar-refractivity contribution is -0.121. The number of carbonyl (C=O) groups excluding carboxylic acids is 2. The number of carbonyl (C=O) groups is 2. The van der Waals surface area contributed by atoms with Crippen LogP contribution in [0.3, 0.4) is 0 Å². The Balaban J connectivity index is 1.50. The zero-order chi connectivity index (χ0) is 20.4. The summed E-state index contributed by atoms with van der Waals surface area (Å²) in [7, 11) is 0. The van der Waals surface area contributed by atoms with E-state index in [2.05, 4.69) is 5.32 Å². The normalized spacial score (nSPS) is 16.6. The van der Waals surface area contributed by atoms with Crippen LogP contribution in [0, 0.1) is 12.8 Å². The number of fused-ring (bicyclic) bond motifs is 1. The van der Waals surface area contributed by atoms with Crippen LogP contribution in [0.4, 0.5) is 5.69 Å². The molecule has 2 amide bonds. The van der Waals surface area contributed by atoms with Crippen LogP contribution in [-0.2, 0) is 4.79 Å². The molecular formula is C24H23ClN2O2. The number of aryl methyl sites for hydroxylation is 1. The summed E-state index contributed by atoms with van der Waals surface area (Å²) >= 11 is 6.25. The summed E-state index contributed by atoms with van der Waals surface area (Å²) in [4.78, 5) is 27.8. The van der Waals surface area contributed by atoms with Crippen LogP contribution in [-0.4, -0.2) is 29.8 Å². The number of anilines is 1. The van der Waals surface area contributed by atoms with Gasteiger partial charge in [-0.2, -0.15) is 0 Å².